The minimum absolute atomic E-state index is 0.191. The molecule has 0 aromatic heterocycles. The van der Waals surface area contributed by atoms with Gasteiger partial charge in [-0.3, -0.25) is 9.69 Å². The molecule has 0 saturated heterocycles. The number of carbonyl (C=O) groups is 1. The van der Waals surface area contributed by atoms with Gasteiger partial charge in [0, 0.05) is 5.75 Å². The topological polar surface area (TPSA) is 32.7 Å². The molecule has 3 rings (SSSR count). The van der Waals surface area contributed by atoms with E-state index >= 15 is 0 Å². The number of nitrogens with zero attached hydrogens (tertiary/aromatic N) is 2. The molecule has 0 unspecified atom stereocenters. The molecule has 3 nitrogen and oxygen atoms in total. The maximum absolute atomic E-state index is 13.2. The van der Waals surface area contributed by atoms with E-state index in [2.05, 4.69) is 11.9 Å². The van der Waals surface area contributed by atoms with E-state index in [1.165, 1.54) is 23.9 Å². The summed E-state index contributed by atoms with van der Waals surface area (Å²) >= 11 is 1.53. The van der Waals surface area contributed by atoms with Gasteiger partial charge in [0.2, 0.25) is 0 Å². The maximum atomic E-state index is 13.2. The van der Waals surface area contributed by atoms with Crippen LogP contribution in [0.5, 0.6) is 0 Å². The van der Waals surface area contributed by atoms with Crippen LogP contribution in [0.1, 0.15) is 18.9 Å². The van der Waals surface area contributed by atoms with Crippen molar-refractivity contribution in [3.05, 3.63) is 71.7 Å². The average Bonchev–Trinajstić information content (AvgIpc) is 2.90. The number of hydrogen-bond donors (Lipinski definition) is 0. The Bertz CT molecular complexity index is 785. The van der Waals surface area contributed by atoms with Crippen LogP contribution in [0.2, 0.25) is 0 Å². The van der Waals surface area contributed by atoms with Crippen LogP contribution >= 0.6 is 11.8 Å². The third-order valence-electron chi connectivity index (χ3n) is 3.45. The largest absolute Gasteiger partial charge is 0.283 e. The minimum atomic E-state index is -0.329. The summed E-state index contributed by atoms with van der Waals surface area (Å²) in [7, 11) is 0. The van der Waals surface area contributed by atoms with E-state index in [9.17, 15) is 9.18 Å². The van der Waals surface area contributed by atoms with Gasteiger partial charge in [-0.2, -0.15) is 0 Å². The van der Waals surface area contributed by atoms with Crippen molar-refractivity contribution in [3.63, 3.8) is 0 Å². The Hall–Kier alpha value is -2.40. The van der Waals surface area contributed by atoms with Gasteiger partial charge in [0.15, 0.2) is 5.17 Å². The van der Waals surface area contributed by atoms with E-state index in [4.69, 9.17) is 0 Å². The second-order valence-electron chi connectivity index (χ2n) is 5.30. The molecule has 24 heavy (non-hydrogen) atoms. The number of benzene rings is 2. The van der Waals surface area contributed by atoms with Crippen molar-refractivity contribution in [2.45, 2.75) is 13.3 Å². The molecule has 1 aliphatic heterocycles. The van der Waals surface area contributed by atoms with Crippen molar-refractivity contribution in [1.82, 2.24) is 0 Å². The van der Waals surface area contributed by atoms with Crippen molar-refractivity contribution < 1.29 is 9.18 Å². The Morgan fingerprint density at radius 1 is 1.12 bits per heavy atom. The van der Waals surface area contributed by atoms with Crippen LogP contribution in [-0.2, 0) is 4.79 Å². The first-order valence-electron chi connectivity index (χ1n) is 7.77. The number of amidine groups is 1. The number of halogens is 1. The zero-order chi connectivity index (χ0) is 16.9. The van der Waals surface area contributed by atoms with Crippen LogP contribution in [0, 0.1) is 5.82 Å². The predicted molar refractivity (Wildman–Crippen MR) is 98.5 cm³/mol. The lowest BCUT2D eigenvalue weighted by molar-refractivity contribution is -0.113. The molecule has 0 radical (unpaired) electrons. The van der Waals surface area contributed by atoms with Gasteiger partial charge < -0.3 is 0 Å². The van der Waals surface area contributed by atoms with Crippen LogP contribution in [0.4, 0.5) is 10.1 Å². The Balaban J connectivity index is 1.96. The summed E-state index contributed by atoms with van der Waals surface area (Å²) in [6.45, 7) is 2.08. The number of rotatable bonds is 4. The molecule has 5 heteroatoms. The number of amides is 1. The van der Waals surface area contributed by atoms with E-state index in [0.29, 0.717) is 16.6 Å². The smallest absolute Gasteiger partial charge is 0.266 e. The minimum Gasteiger partial charge on any atom is -0.266 e. The van der Waals surface area contributed by atoms with Crippen molar-refractivity contribution in [2.75, 3.05) is 10.7 Å². The van der Waals surface area contributed by atoms with Crippen LogP contribution in [-0.4, -0.2) is 16.8 Å². The lowest BCUT2D eigenvalue weighted by Crippen LogP contribution is -2.30. The van der Waals surface area contributed by atoms with Gasteiger partial charge in [-0.25, -0.2) is 9.38 Å². The SMILES string of the molecule is CCCSC1=N/C(=C/c2ccccc2)C(=O)N1c1ccc(F)cc1. The van der Waals surface area contributed by atoms with Crippen LogP contribution in [0.15, 0.2) is 65.3 Å². The molecule has 0 N–H and O–H groups in total. The monoisotopic (exact) mass is 340 g/mol. The Morgan fingerprint density at radius 2 is 1.83 bits per heavy atom. The van der Waals surface area contributed by atoms with E-state index in [0.717, 1.165) is 17.7 Å². The van der Waals surface area contributed by atoms with E-state index in [1.54, 1.807) is 23.1 Å². The maximum Gasteiger partial charge on any atom is 0.283 e. The third-order valence-corrected chi connectivity index (χ3v) is 4.60. The molecule has 0 fully saturated rings. The molecule has 0 aliphatic carbocycles. The fraction of sp³-hybridized carbons (Fsp3) is 0.158. The predicted octanol–water partition coefficient (Wildman–Crippen LogP) is 4.71. The van der Waals surface area contributed by atoms with Gasteiger partial charge in [0.25, 0.3) is 5.91 Å². The lowest BCUT2D eigenvalue weighted by atomic mass is 10.2. The number of thioether (sulfide) groups is 1. The second kappa shape index (κ2) is 7.45. The standard InChI is InChI=1S/C19H17FN2OS/c1-2-12-24-19-21-17(13-14-6-4-3-5-7-14)18(23)22(19)16-10-8-15(20)9-11-16/h3-11,13H,2,12H2,1H3/b17-13+. The van der Waals surface area contributed by atoms with Crippen LogP contribution in [0.25, 0.3) is 6.08 Å². The molecule has 0 bridgehead atoms. The van der Waals surface area contributed by atoms with Crippen LogP contribution < -0.4 is 4.90 Å². The highest BCUT2D eigenvalue weighted by atomic mass is 32.2. The van der Waals surface area contributed by atoms with E-state index < -0.39 is 0 Å². The molecule has 1 aliphatic rings. The van der Waals surface area contributed by atoms with Gasteiger partial charge in [-0.15, -0.1) is 0 Å². The van der Waals surface area contributed by atoms with E-state index in [1.807, 2.05) is 30.3 Å². The lowest BCUT2D eigenvalue weighted by Gasteiger charge is -2.17. The highest BCUT2D eigenvalue weighted by Crippen LogP contribution is 2.29. The fourth-order valence-electron chi connectivity index (χ4n) is 2.31. The highest BCUT2D eigenvalue weighted by Gasteiger charge is 2.31. The van der Waals surface area contributed by atoms with Gasteiger partial charge >= 0.3 is 0 Å². The number of anilines is 1. The summed E-state index contributed by atoms with van der Waals surface area (Å²) in [6.07, 6.45) is 2.76. The molecular weight excluding hydrogens is 323 g/mol. The molecule has 0 saturated carbocycles. The number of carbonyl (C=O) groups excluding carboxylic acids is 1. The van der Waals surface area contributed by atoms with Crippen molar-refractivity contribution in [1.29, 1.82) is 0 Å². The molecule has 2 aromatic carbocycles. The normalized spacial score (nSPS) is 15.9. The summed E-state index contributed by atoms with van der Waals surface area (Å²) in [6, 6.07) is 15.5. The molecular formula is C19H17FN2OS. The van der Waals surface area contributed by atoms with Crippen molar-refractivity contribution in [3.8, 4) is 0 Å². The summed E-state index contributed by atoms with van der Waals surface area (Å²) in [5.41, 5.74) is 1.94. The first-order chi connectivity index (χ1) is 11.7. The zero-order valence-electron chi connectivity index (χ0n) is 13.3. The van der Waals surface area contributed by atoms with Crippen molar-refractivity contribution >= 4 is 34.6 Å². The number of aliphatic imine (C=N–C) groups is 1. The molecule has 122 valence electrons. The van der Waals surface area contributed by atoms with Crippen LogP contribution in [0.3, 0.4) is 0 Å². The molecule has 1 amide bonds. The average molecular weight is 340 g/mol. The second-order valence-corrected chi connectivity index (χ2v) is 6.36. The summed E-state index contributed by atoms with van der Waals surface area (Å²) < 4.78 is 13.2. The summed E-state index contributed by atoms with van der Waals surface area (Å²) in [5.74, 6) is 0.344. The Kier molecular flexibility index (Phi) is 5.11. The first kappa shape index (κ1) is 16.5. The van der Waals surface area contributed by atoms with E-state index in [-0.39, 0.29) is 11.7 Å². The summed E-state index contributed by atoms with van der Waals surface area (Å²) in [5, 5.41) is 0.635. The molecule has 1 heterocycles. The first-order valence-corrected chi connectivity index (χ1v) is 8.76. The molecule has 0 spiro atoms. The third kappa shape index (κ3) is 3.57. The van der Waals surface area contributed by atoms with Crippen molar-refractivity contribution in [2.24, 2.45) is 4.99 Å². The van der Waals surface area contributed by atoms with Gasteiger partial charge in [0.1, 0.15) is 11.5 Å². The van der Waals surface area contributed by atoms with Gasteiger partial charge in [-0.05, 0) is 42.3 Å². The zero-order valence-corrected chi connectivity index (χ0v) is 14.1. The van der Waals surface area contributed by atoms with Gasteiger partial charge in [0.05, 0.1) is 5.69 Å². The molecule has 2 aromatic rings. The molecule has 0 atom stereocenters. The quantitative estimate of drug-likeness (QED) is 0.755. The summed E-state index contributed by atoms with van der Waals surface area (Å²) in [4.78, 5) is 18.9. The Labute approximate surface area is 144 Å². The fourth-order valence-corrected chi connectivity index (χ4v) is 3.18. The van der Waals surface area contributed by atoms with Gasteiger partial charge in [-0.1, -0.05) is 49.0 Å². The number of hydrogen-bond acceptors (Lipinski definition) is 3. The Morgan fingerprint density at radius 3 is 2.50 bits per heavy atom. The highest BCUT2D eigenvalue weighted by molar-refractivity contribution is 8.14.